The van der Waals surface area contributed by atoms with E-state index in [2.05, 4.69) is 23.3 Å². The van der Waals surface area contributed by atoms with Crippen molar-refractivity contribution in [2.45, 2.75) is 19.4 Å². The molecule has 14 heavy (non-hydrogen) atoms. The molecule has 0 radical (unpaired) electrons. The van der Waals surface area contributed by atoms with Gasteiger partial charge in [-0.3, -0.25) is 4.98 Å². The maximum Gasteiger partial charge on any atom is 0.0662 e. The minimum absolute atomic E-state index is 0.310. The third-order valence-electron chi connectivity index (χ3n) is 2.44. The summed E-state index contributed by atoms with van der Waals surface area (Å²) in [6.07, 6.45) is 4.89. The molecule has 0 bridgehead atoms. The fraction of sp³-hybridized carbons (Fsp3) is 0.545. The fourth-order valence-electron chi connectivity index (χ4n) is 1.69. The maximum atomic E-state index is 5.51. The van der Waals surface area contributed by atoms with E-state index in [1.807, 2.05) is 12.4 Å². The molecule has 3 heteroatoms. The van der Waals surface area contributed by atoms with Crippen LogP contribution < -0.4 is 5.32 Å². The number of nitrogens with one attached hydrogen (secondary N) is 1. The van der Waals surface area contributed by atoms with Gasteiger partial charge in [0.05, 0.1) is 12.6 Å². The lowest BCUT2D eigenvalue weighted by Gasteiger charge is -2.15. The molecule has 0 aliphatic carbocycles. The third kappa shape index (κ3) is 2.30. The Labute approximate surface area is 84.5 Å². The second kappa shape index (κ2) is 4.53. The number of hydrogen-bond acceptors (Lipinski definition) is 3. The highest BCUT2D eigenvalue weighted by Crippen LogP contribution is 2.15. The number of aromatic nitrogens is 1. The van der Waals surface area contributed by atoms with E-state index in [0.29, 0.717) is 6.04 Å². The van der Waals surface area contributed by atoms with Gasteiger partial charge in [0.1, 0.15) is 0 Å². The normalized spacial score (nSPS) is 23.1. The summed E-state index contributed by atoms with van der Waals surface area (Å²) in [5.41, 5.74) is 2.43. The molecule has 2 heterocycles. The first kappa shape index (κ1) is 9.62. The van der Waals surface area contributed by atoms with Gasteiger partial charge in [0.15, 0.2) is 0 Å². The second-order valence-electron chi connectivity index (χ2n) is 3.73. The largest absolute Gasteiger partial charge is 0.379 e. The average Bonchev–Trinajstić information content (AvgIpc) is 2.45. The van der Waals surface area contributed by atoms with Crippen molar-refractivity contribution in [1.29, 1.82) is 0 Å². The third-order valence-corrected chi connectivity index (χ3v) is 2.44. The molecule has 0 spiro atoms. The van der Waals surface area contributed by atoms with E-state index < -0.39 is 0 Å². The Morgan fingerprint density at radius 1 is 1.50 bits per heavy atom. The number of pyridine rings is 1. The molecule has 3 nitrogen and oxygen atoms in total. The molecule has 1 fully saturated rings. The zero-order chi connectivity index (χ0) is 9.80. The molecule has 2 rings (SSSR count). The fourth-order valence-corrected chi connectivity index (χ4v) is 1.69. The molecule has 0 saturated carbocycles. The lowest BCUT2D eigenvalue weighted by atomic mass is 10.1. The number of nitrogens with zero attached hydrogens (tertiary/aromatic N) is 1. The lowest BCUT2D eigenvalue weighted by molar-refractivity contribution is 0.131. The van der Waals surface area contributed by atoms with Gasteiger partial charge in [0, 0.05) is 19.0 Å². The minimum Gasteiger partial charge on any atom is -0.379 e. The van der Waals surface area contributed by atoms with Crippen LogP contribution in [0.25, 0.3) is 0 Å². The van der Waals surface area contributed by atoms with E-state index >= 15 is 0 Å². The van der Waals surface area contributed by atoms with Crippen molar-refractivity contribution >= 4 is 0 Å². The van der Waals surface area contributed by atoms with Gasteiger partial charge in [-0.25, -0.2) is 0 Å². The molecule has 1 unspecified atom stereocenters. The van der Waals surface area contributed by atoms with Crippen molar-refractivity contribution in [3.63, 3.8) is 0 Å². The van der Waals surface area contributed by atoms with E-state index in [0.717, 1.165) is 26.2 Å². The first-order chi connectivity index (χ1) is 6.86. The standard InChI is InChI=1S/C11H16N2O/c1-9-5-10(7-12-6-9)11-8-14-4-2-3-13-11/h5-7,11,13H,2-4,8H2,1H3. The Morgan fingerprint density at radius 2 is 2.43 bits per heavy atom. The van der Waals surface area contributed by atoms with Crippen LogP contribution in [-0.2, 0) is 4.74 Å². The second-order valence-corrected chi connectivity index (χ2v) is 3.73. The molecule has 1 atom stereocenters. The van der Waals surface area contributed by atoms with Gasteiger partial charge in [0.2, 0.25) is 0 Å². The monoisotopic (exact) mass is 192 g/mol. The van der Waals surface area contributed by atoms with Crippen LogP contribution in [-0.4, -0.2) is 24.7 Å². The van der Waals surface area contributed by atoms with Crippen LogP contribution in [0.15, 0.2) is 18.5 Å². The highest BCUT2D eigenvalue weighted by molar-refractivity contribution is 5.20. The van der Waals surface area contributed by atoms with E-state index in [1.54, 1.807) is 0 Å². The first-order valence-electron chi connectivity index (χ1n) is 5.09. The predicted octanol–water partition coefficient (Wildman–Crippen LogP) is 1.44. The van der Waals surface area contributed by atoms with Crippen molar-refractivity contribution in [2.75, 3.05) is 19.8 Å². The van der Waals surface area contributed by atoms with Crippen LogP contribution in [0, 0.1) is 6.92 Å². The Hall–Kier alpha value is -0.930. The maximum absolute atomic E-state index is 5.51. The summed E-state index contributed by atoms with van der Waals surface area (Å²) < 4.78 is 5.51. The molecule has 1 aliphatic heterocycles. The van der Waals surface area contributed by atoms with Crippen LogP contribution >= 0.6 is 0 Å². The molecule has 1 saturated heterocycles. The Balaban J connectivity index is 2.12. The van der Waals surface area contributed by atoms with Crippen LogP contribution in [0.2, 0.25) is 0 Å². The molecular weight excluding hydrogens is 176 g/mol. The zero-order valence-electron chi connectivity index (χ0n) is 8.49. The molecule has 1 aromatic heterocycles. The van der Waals surface area contributed by atoms with Crippen molar-refractivity contribution in [3.05, 3.63) is 29.6 Å². The van der Waals surface area contributed by atoms with Crippen LogP contribution in [0.5, 0.6) is 0 Å². The topological polar surface area (TPSA) is 34.1 Å². The SMILES string of the molecule is Cc1cncc(C2COCCCN2)c1. The van der Waals surface area contributed by atoms with Gasteiger partial charge < -0.3 is 10.1 Å². The predicted molar refractivity (Wildman–Crippen MR) is 55.2 cm³/mol. The molecular formula is C11H16N2O. The van der Waals surface area contributed by atoms with Gasteiger partial charge in [-0.15, -0.1) is 0 Å². The average molecular weight is 192 g/mol. The number of aryl methyl sites for hydroxylation is 1. The molecule has 1 N–H and O–H groups in total. The summed E-state index contributed by atoms with van der Waals surface area (Å²) in [7, 11) is 0. The summed E-state index contributed by atoms with van der Waals surface area (Å²) in [6, 6.07) is 2.48. The minimum atomic E-state index is 0.310. The van der Waals surface area contributed by atoms with Crippen LogP contribution in [0.4, 0.5) is 0 Å². The van der Waals surface area contributed by atoms with Crippen molar-refractivity contribution in [3.8, 4) is 0 Å². The van der Waals surface area contributed by atoms with Crippen LogP contribution in [0.3, 0.4) is 0 Å². The van der Waals surface area contributed by atoms with Gasteiger partial charge in [-0.1, -0.05) is 6.07 Å². The van der Waals surface area contributed by atoms with Gasteiger partial charge in [-0.05, 0) is 31.0 Å². The Morgan fingerprint density at radius 3 is 3.29 bits per heavy atom. The zero-order valence-corrected chi connectivity index (χ0v) is 8.49. The van der Waals surface area contributed by atoms with Crippen molar-refractivity contribution < 1.29 is 4.74 Å². The number of ether oxygens (including phenoxy) is 1. The van der Waals surface area contributed by atoms with E-state index in [-0.39, 0.29) is 0 Å². The van der Waals surface area contributed by atoms with Gasteiger partial charge in [-0.2, -0.15) is 0 Å². The molecule has 0 aromatic carbocycles. The summed E-state index contributed by atoms with van der Waals surface area (Å²) >= 11 is 0. The first-order valence-corrected chi connectivity index (χ1v) is 5.09. The molecule has 0 amide bonds. The molecule has 1 aromatic rings. The van der Waals surface area contributed by atoms with Gasteiger partial charge in [0.25, 0.3) is 0 Å². The van der Waals surface area contributed by atoms with E-state index in [4.69, 9.17) is 4.74 Å². The molecule has 1 aliphatic rings. The smallest absolute Gasteiger partial charge is 0.0662 e. The van der Waals surface area contributed by atoms with E-state index in [9.17, 15) is 0 Å². The van der Waals surface area contributed by atoms with Crippen molar-refractivity contribution in [2.24, 2.45) is 0 Å². The molecule has 76 valence electrons. The van der Waals surface area contributed by atoms with Crippen molar-refractivity contribution in [1.82, 2.24) is 10.3 Å². The summed E-state index contributed by atoms with van der Waals surface area (Å²) in [5, 5.41) is 3.46. The Kier molecular flexibility index (Phi) is 3.11. The highest BCUT2D eigenvalue weighted by Gasteiger charge is 2.13. The lowest BCUT2D eigenvalue weighted by Crippen LogP contribution is -2.23. The summed E-state index contributed by atoms with van der Waals surface area (Å²) in [6.45, 7) is 4.71. The quantitative estimate of drug-likeness (QED) is 0.731. The van der Waals surface area contributed by atoms with E-state index in [1.165, 1.54) is 11.1 Å². The number of hydrogen-bond donors (Lipinski definition) is 1. The van der Waals surface area contributed by atoms with Crippen LogP contribution in [0.1, 0.15) is 23.6 Å². The summed E-state index contributed by atoms with van der Waals surface area (Å²) in [4.78, 5) is 4.19. The summed E-state index contributed by atoms with van der Waals surface area (Å²) in [5.74, 6) is 0. The highest BCUT2D eigenvalue weighted by atomic mass is 16.5. The Bertz CT molecular complexity index is 293. The number of rotatable bonds is 1. The van der Waals surface area contributed by atoms with Gasteiger partial charge >= 0.3 is 0 Å².